The number of carbonyl (C=O) groups is 2. The van der Waals surface area contributed by atoms with Crippen LogP contribution in [0.15, 0.2) is 18.2 Å². The van der Waals surface area contributed by atoms with Gasteiger partial charge in [0.1, 0.15) is 11.6 Å². The molecule has 0 atom stereocenters. The van der Waals surface area contributed by atoms with Crippen molar-refractivity contribution in [2.45, 2.75) is 13.3 Å². The second kappa shape index (κ2) is 8.31. The first-order chi connectivity index (χ1) is 9.92. The molecule has 0 aromatic heterocycles. The highest BCUT2D eigenvalue weighted by molar-refractivity contribution is 5.92. The quantitative estimate of drug-likeness (QED) is 0.799. The summed E-state index contributed by atoms with van der Waals surface area (Å²) in [6.45, 7) is 2.47. The summed E-state index contributed by atoms with van der Waals surface area (Å²) < 4.78 is 26.3. The van der Waals surface area contributed by atoms with Crippen LogP contribution in [0.4, 0.5) is 14.5 Å². The first kappa shape index (κ1) is 17.0. The standard InChI is InChI=1S/C14H19F2N3O2/c1-3-6-17-13(20)8-19(2)9-14(21)18-12-7-10(15)4-5-11(12)16/h4-5,7H,3,6,8-9H2,1-2H3,(H,17,20)(H,18,21). The van der Waals surface area contributed by atoms with Crippen molar-refractivity contribution >= 4 is 17.5 Å². The molecule has 0 spiro atoms. The van der Waals surface area contributed by atoms with E-state index < -0.39 is 17.5 Å². The van der Waals surface area contributed by atoms with Crippen LogP contribution in [0.2, 0.25) is 0 Å². The zero-order valence-corrected chi connectivity index (χ0v) is 12.1. The number of amides is 2. The fourth-order valence-electron chi connectivity index (χ4n) is 1.65. The van der Waals surface area contributed by atoms with Gasteiger partial charge >= 0.3 is 0 Å². The van der Waals surface area contributed by atoms with E-state index in [1.807, 2.05) is 6.92 Å². The van der Waals surface area contributed by atoms with Crippen LogP contribution in [0.25, 0.3) is 0 Å². The van der Waals surface area contributed by atoms with E-state index >= 15 is 0 Å². The van der Waals surface area contributed by atoms with Crippen LogP contribution in [0, 0.1) is 11.6 Å². The van der Waals surface area contributed by atoms with Crippen LogP contribution < -0.4 is 10.6 Å². The number of rotatable bonds is 7. The third-order valence-corrected chi connectivity index (χ3v) is 2.60. The van der Waals surface area contributed by atoms with Gasteiger partial charge in [-0.2, -0.15) is 0 Å². The summed E-state index contributed by atoms with van der Waals surface area (Å²) in [5.74, 6) is -2.07. The lowest BCUT2D eigenvalue weighted by Gasteiger charge is -2.16. The molecule has 21 heavy (non-hydrogen) atoms. The molecule has 0 aliphatic carbocycles. The van der Waals surface area contributed by atoms with Crippen molar-refractivity contribution < 1.29 is 18.4 Å². The van der Waals surface area contributed by atoms with E-state index in [-0.39, 0.29) is 24.7 Å². The average molecular weight is 299 g/mol. The number of anilines is 1. The Bertz CT molecular complexity index is 509. The van der Waals surface area contributed by atoms with Crippen LogP contribution in [-0.2, 0) is 9.59 Å². The van der Waals surface area contributed by atoms with Gasteiger partial charge in [-0.3, -0.25) is 14.5 Å². The zero-order chi connectivity index (χ0) is 15.8. The van der Waals surface area contributed by atoms with Crippen molar-refractivity contribution in [3.8, 4) is 0 Å². The van der Waals surface area contributed by atoms with Gasteiger partial charge in [-0.25, -0.2) is 8.78 Å². The minimum Gasteiger partial charge on any atom is -0.355 e. The Morgan fingerprint density at radius 2 is 1.86 bits per heavy atom. The van der Waals surface area contributed by atoms with Crippen LogP contribution in [0.3, 0.4) is 0 Å². The zero-order valence-electron chi connectivity index (χ0n) is 12.1. The molecular weight excluding hydrogens is 280 g/mol. The van der Waals surface area contributed by atoms with Crippen molar-refractivity contribution in [2.24, 2.45) is 0 Å². The van der Waals surface area contributed by atoms with Crippen molar-refractivity contribution in [1.82, 2.24) is 10.2 Å². The number of nitrogens with one attached hydrogen (secondary N) is 2. The lowest BCUT2D eigenvalue weighted by molar-refractivity contribution is -0.122. The van der Waals surface area contributed by atoms with E-state index in [2.05, 4.69) is 10.6 Å². The molecule has 0 unspecified atom stereocenters. The van der Waals surface area contributed by atoms with Gasteiger partial charge < -0.3 is 10.6 Å². The molecular formula is C14H19F2N3O2. The average Bonchev–Trinajstić information content (AvgIpc) is 2.40. The molecule has 2 N–H and O–H groups in total. The lowest BCUT2D eigenvalue weighted by atomic mass is 10.3. The second-order valence-corrected chi connectivity index (χ2v) is 4.69. The molecule has 0 bridgehead atoms. The molecule has 7 heteroatoms. The molecule has 0 fully saturated rings. The first-order valence-corrected chi connectivity index (χ1v) is 6.62. The summed E-state index contributed by atoms with van der Waals surface area (Å²) in [6, 6.07) is 2.81. The van der Waals surface area contributed by atoms with E-state index in [4.69, 9.17) is 0 Å². The van der Waals surface area contributed by atoms with Crippen LogP contribution in [-0.4, -0.2) is 43.4 Å². The van der Waals surface area contributed by atoms with Gasteiger partial charge in [0.15, 0.2) is 0 Å². The molecule has 1 rings (SSSR count). The van der Waals surface area contributed by atoms with E-state index in [0.717, 1.165) is 24.6 Å². The molecule has 116 valence electrons. The molecule has 0 aliphatic heterocycles. The van der Waals surface area contributed by atoms with Crippen molar-refractivity contribution in [3.63, 3.8) is 0 Å². The summed E-state index contributed by atoms with van der Waals surface area (Å²) in [5.41, 5.74) is -0.219. The minimum atomic E-state index is -0.715. The van der Waals surface area contributed by atoms with Gasteiger partial charge in [-0.1, -0.05) is 6.92 Å². The Kier molecular flexibility index (Phi) is 6.74. The van der Waals surface area contributed by atoms with Crippen molar-refractivity contribution in [1.29, 1.82) is 0 Å². The third-order valence-electron chi connectivity index (χ3n) is 2.60. The number of hydrogen-bond donors (Lipinski definition) is 2. The molecule has 0 aliphatic rings. The number of carbonyl (C=O) groups excluding carboxylic acids is 2. The predicted octanol–water partition coefficient (Wildman–Crippen LogP) is 1.36. The molecule has 1 aromatic carbocycles. The topological polar surface area (TPSA) is 61.4 Å². The largest absolute Gasteiger partial charge is 0.355 e. The highest BCUT2D eigenvalue weighted by Crippen LogP contribution is 2.14. The third kappa shape index (κ3) is 6.31. The molecule has 0 saturated heterocycles. The maximum Gasteiger partial charge on any atom is 0.238 e. The Balaban J connectivity index is 2.46. The summed E-state index contributed by atoms with van der Waals surface area (Å²) in [5, 5.41) is 4.95. The predicted molar refractivity (Wildman–Crippen MR) is 75.8 cm³/mol. The fourth-order valence-corrected chi connectivity index (χ4v) is 1.65. The summed E-state index contributed by atoms with van der Waals surface area (Å²) in [6.07, 6.45) is 0.828. The van der Waals surface area contributed by atoms with E-state index in [1.54, 1.807) is 7.05 Å². The lowest BCUT2D eigenvalue weighted by Crippen LogP contribution is -2.39. The summed E-state index contributed by atoms with van der Waals surface area (Å²) >= 11 is 0. The number of nitrogens with zero attached hydrogens (tertiary/aromatic N) is 1. The highest BCUT2D eigenvalue weighted by atomic mass is 19.1. The SMILES string of the molecule is CCCNC(=O)CN(C)CC(=O)Nc1cc(F)ccc1F. The smallest absolute Gasteiger partial charge is 0.238 e. The van der Waals surface area contributed by atoms with Crippen molar-refractivity contribution in [3.05, 3.63) is 29.8 Å². The van der Waals surface area contributed by atoms with E-state index in [9.17, 15) is 18.4 Å². The summed E-state index contributed by atoms with van der Waals surface area (Å²) in [4.78, 5) is 24.6. The van der Waals surface area contributed by atoms with Gasteiger partial charge in [0.2, 0.25) is 11.8 Å². The molecule has 0 radical (unpaired) electrons. The minimum absolute atomic E-state index is 0.0546. The Morgan fingerprint density at radius 1 is 1.19 bits per heavy atom. The number of likely N-dealkylation sites (N-methyl/N-ethyl adjacent to an activating group) is 1. The highest BCUT2D eigenvalue weighted by Gasteiger charge is 2.12. The normalized spacial score (nSPS) is 10.5. The second-order valence-electron chi connectivity index (χ2n) is 4.69. The molecule has 0 saturated carbocycles. The van der Waals surface area contributed by atoms with Crippen LogP contribution >= 0.6 is 0 Å². The maximum atomic E-state index is 13.4. The monoisotopic (exact) mass is 299 g/mol. The Hall–Kier alpha value is -2.02. The molecule has 1 aromatic rings. The van der Waals surface area contributed by atoms with E-state index in [1.165, 1.54) is 4.90 Å². The van der Waals surface area contributed by atoms with Crippen molar-refractivity contribution in [2.75, 3.05) is 32.0 Å². The molecule has 2 amide bonds. The Labute approximate surface area is 122 Å². The van der Waals surface area contributed by atoms with Gasteiger partial charge in [-0.05, 0) is 25.6 Å². The number of hydrogen-bond acceptors (Lipinski definition) is 3. The van der Waals surface area contributed by atoms with Crippen LogP contribution in [0.1, 0.15) is 13.3 Å². The van der Waals surface area contributed by atoms with Crippen LogP contribution in [0.5, 0.6) is 0 Å². The van der Waals surface area contributed by atoms with Gasteiger partial charge in [-0.15, -0.1) is 0 Å². The van der Waals surface area contributed by atoms with Gasteiger partial charge in [0.05, 0.1) is 18.8 Å². The van der Waals surface area contributed by atoms with Gasteiger partial charge in [0.25, 0.3) is 0 Å². The molecule has 5 nitrogen and oxygen atoms in total. The maximum absolute atomic E-state index is 13.4. The fraction of sp³-hybridized carbons (Fsp3) is 0.429. The summed E-state index contributed by atoms with van der Waals surface area (Å²) in [7, 11) is 1.59. The first-order valence-electron chi connectivity index (χ1n) is 6.62. The Morgan fingerprint density at radius 3 is 2.52 bits per heavy atom. The molecule has 0 heterocycles. The van der Waals surface area contributed by atoms with E-state index in [0.29, 0.717) is 6.54 Å². The number of halogens is 2. The van der Waals surface area contributed by atoms with Gasteiger partial charge in [0, 0.05) is 12.6 Å². The number of benzene rings is 1.